The average Bonchev–Trinajstić information content (AvgIpc) is 3.47. The Kier molecular flexibility index (Phi) is 4.85. The van der Waals surface area contributed by atoms with Crippen molar-refractivity contribution in [2.75, 3.05) is 18.9 Å². The lowest BCUT2D eigenvalue weighted by Crippen LogP contribution is -2.35. The molecule has 1 amide bonds. The fourth-order valence-electron chi connectivity index (χ4n) is 4.00. The van der Waals surface area contributed by atoms with Crippen LogP contribution in [-0.4, -0.2) is 49.4 Å². The number of aromatic hydroxyl groups is 1. The van der Waals surface area contributed by atoms with E-state index in [0.717, 1.165) is 25.7 Å². The summed E-state index contributed by atoms with van der Waals surface area (Å²) < 4.78 is 8.26. The van der Waals surface area contributed by atoms with Crippen LogP contribution in [0.1, 0.15) is 36.0 Å². The zero-order chi connectivity index (χ0) is 21.5. The van der Waals surface area contributed by atoms with Gasteiger partial charge < -0.3 is 20.9 Å². The highest BCUT2D eigenvalue weighted by molar-refractivity contribution is 5.97. The molecule has 1 aliphatic heterocycles. The van der Waals surface area contributed by atoms with E-state index in [4.69, 9.17) is 10.5 Å². The molecule has 4 heterocycles. The van der Waals surface area contributed by atoms with Gasteiger partial charge in [0, 0.05) is 43.1 Å². The third kappa shape index (κ3) is 3.63. The first-order chi connectivity index (χ1) is 15.0. The number of fused-ring (bicyclic) bond motifs is 1. The molecule has 0 unspecified atom stereocenters. The minimum atomic E-state index is -0.650. The number of aromatic nitrogens is 4. The summed E-state index contributed by atoms with van der Waals surface area (Å²) in [5, 5.41) is 18.2. The van der Waals surface area contributed by atoms with Gasteiger partial charge in [0.2, 0.25) is 5.88 Å². The van der Waals surface area contributed by atoms with Crippen molar-refractivity contribution in [1.82, 2.24) is 24.5 Å². The van der Waals surface area contributed by atoms with Crippen molar-refractivity contribution in [3.63, 3.8) is 0 Å². The molecule has 10 heteroatoms. The molecule has 5 rings (SSSR count). The van der Waals surface area contributed by atoms with Gasteiger partial charge in [-0.25, -0.2) is 4.98 Å². The average molecular weight is 424 g/mol. The largest absolute Gasteiger partial charge is 0.494 e. The number of nitrogens with two attached hydrogens (primary N) is 1. The molecule has 4 N–H and O–H groups in total. The van der Waals surface area contributed by atoms with Gasteiger partial charge in [-0.15, -0.1) is 0 Å². The fourth-order valence-corrected chi connectivity index (χ4v) is 4.00. The summed E-state index contributed by atoms with van der Waals surface area (Å²) in [7, 11) is 0. The van der Waals surface area contributed by atoms with Crippen molar-refractivity contribution in [2.24, 2.45) is 5.92 Å². The molecular weight excluding hydrogens is 400 g/mol. The van der Waals surface area contributed by atoms with E-state index in [1.54, 1.807) is 29.1 Å². The van der Waals surface area contributed by atoms with Crippen molar-refractivity contribution in [1.29, 1.82) is 0 Å². The van der Waals surface area contributed by atoms with Gasteiger partial charge in [-0.3, -0.25) is 14.2 Å². The van der Waals surface area contributed by atoms with Crippen LogP contribution in [0, 0.1) is 5.92 Å². The Hall–Kier alpha value is -3.40. The number of anilines is 1. The van der Waals surface area contributed by atoms with E-state index in [1.807, 2.05) is 0 Å². The minimum absolute atomic E-state index is 0.0555. The maximum absolute atomic E-state index is 13.1. The second-order valence-electron chi connectivity index (χ2n) is 8.18. The van der Waals surface area contributed by atoms with Gasteiger partial charge in [-0.2, -0.15) is 9.61 Å². The maximum Gasteiger partial charge on any atom is 0.291 e. The first-order valence-electron chi connectivity index (χ1n) is 10.5. The summed E-state index contributed by atoms with van der Waals surface area (Å²) in [5.74, 6) is -0.301. The molecule has 31 heavy (non-hydrogen) atoms. The number of ether oxygens (including phenoxy) is 1. The first kappa shape index (κ1) is 19.6. The van der Waals surface area contributed by atoms with E-state index >= 15 is 0 Å². The van der Waals surface area contributed by atoms with Crippen molar-refractivity contribution in [3.05, 3.63) is 40.4 Å². The van der Waals surface area contributed by atoms with Crippen LogP contribution in [0.3, 0.4) is 0 Å². The van der Waals surface area contributed by atoms with Gasteiger partial charge in [-0.05, 0) is 43.7 Å². The third-order valence-electron chi connectivity index (χ3n) is 5.90. The van der Waals surface area contributed by atoms with Crippen molar-refractivity contribution >= 4 is 17.4 Å². The predicted molar refractivity (Wildman–Crippen MR) is 113 cm³/mol. The van der Waals surface area contributed by atoms with Gasteiger partial charge in [-0.1, -0.05) is 0 Å². The first-order valence-corrected chi connectivity index (χ1v) is 10.5. The van der Waals surface area contributed by atoms with Gasteiger partial charge in [0.05, 0.1) is 6.20 Å². The number of carbonyl (C=O) groups excluding carboxylic acids is 1. The van der Waals surface area contributed by atoms with Crippen LogP contribution in [-0.2, 0) is 11.3 Å². The van der Waals surface area contributed by atoms with Crippen molar-refractivity contribution in [2.45, 2.75) is 38.3 Å². The molecule has 2 fully saturated rings. The summed E-state index contributed by atoms with van der Waals surface area (Å²) in [6.07, 6.45) is 6.55. The summed E-state index contributed by atoms with van der Waals surface area (Å²) in [6.45, 7) is 1.72. The van der Waals surface area contributed by atoms with E-state index in [9.17, 15) is 14.7 Å². The smallest absolute Gasteiger partial charge is 0.291 e. The Bertz CT molecular complexity index is 1190. The van der Waals surface area contributed by atoms with Crippen molar-refractivity contribution in [3.8, 4) is 17.0 Å². The molecule has 2 aliphatic rings. The number of pyridine rings is 1. The molecular formula is C21H24N6O4. The second-order valence-corrected chi connectivity index (χ2v) is 8.18. The molecule has 0 aromatic carbocycles. The van der Waals surface area contributed by atoms with E-state index in [0.29, 0.717) is 42.4 Å². The standard InChI is InChI=1S/C21H24N6O4/c22-16-4-1-13(9-23-16)15-10-24-27-19(15)26(11-12-5-7-31-8-6-12)20(29)17(21(27)30)18(28)25-14-2-3-14/h1,4,9-10,12,14,29H,2-3,5-8,11H2,(H2,22,23)(H,25,28). The zero-order valence-corrected chi connectivity index (χ0v) is 17.0. The number of carbonyl (C=O) groups is 1. The van der Waals surface area contributed by atoms with Crippen LogP contribution < -0.4 is 16.6 Å². The highest BCUT2D eigenvalue weighted by Crippen LogP contribution is 2.30. The molecule has 0 atom stereocenters. The number of amides is 1. The summed E-state index contributed by atoms with van der Waals surface area (Å²) in [4.78, 5) is 30.0. The molecule has 0 radical (unpaired) electrons. The monoisotopic (exact) mass is 424 g/mol. The quantitative estimate of drug-likeness (QED) is 0.559. The van der Waals surface area contributed by atoms with Crippen LogP contribution >= 0.6 is 0 Å². The molecule has 3 aromatic rings. The van der Waals surface area contributed by atoms with Crippen LogP contribution in [0.25, 0.3) is 16.8 Å². The van der Waals surface area contributed by atoms with E-state index in [1.165, 1.54) is 4.52 Å². The number of nitrogens with one attached hydrogen (secondary N) is 1. The summed E-state index contributed by atoms with van der Waals surface area (Å²) >= 11 is 0. The Morgan fingerprint density at radius 1 is 1.23 bits per heavy atom. The lowest BCUT2D eigenvalue weighted by Gasteiger charge is -2.25. The normalized spacial score (nSPS) is 17.2. The van der Waals surface area contributed by atoms with Gasteiger partial charge >= 0.3 is 0 Å². The Morgan fingerprint density at radius 2 is 2.00 bits per heavy atom. The predicted octanol–water partition coefficient (Wildman–Crippen LogP) is 1.16. The topological polar surface area (TPSA) is 137 Å². The molecule has 1 aliphatic carbocycles. The summed E-state index contributed by atoms with van der Waals surface area (Å²) in [6, 6.07) is 3.50. The van der Waals surface area contributed by atoms with E-state index in [-0.39, 0.29) is 23.4 Å². The highest BCUT2D eigenvalue weighted by atomic mass is 16.5. The maximum atomic E-state index is 13.1. The van der Waals surface area contributed by atoms with Crippen LogP contribution in [0.15, 0.2) is 29.3 Å². The molecule has 162 valence electrons. The fraction of sp³-hybridized carbons (Fsp3) is 0.429. The lowest BCUT2D eigenvalue weighted by atomic mass is 10.00. The Labute approximate surface area is 177 Å². The number of hydrogen-bond donors (Lipinski definition) is 3. The van der Waals surface area contributed by atoms with Gasteiger partial charge in [0.15, 0.2) is 11.2 Å². The minimum Gasteiger partial charge on any atom is -0.494 e. The number of nitrogens with zero attached hydrogens (tertiary/aromatic N) is 4. The molecule has 10 nitrogen and oxygen atoms in total. The SMILES string of the molecule is Nc1ccc(-c2cnn3c(=O)c(C(=O)NC4CC4)c(O)n(CC4CCOCC4)c23)cn1. The zero-order valence-electron chi connectivity index (χ0n) is 17.0. The molecule has 3 aromatic heterocycles. The number of nitrogen functional groups attached to an aromatic ring is 1. The van der Waals surface area contributed by atoms with Crippen LogP contribution in [0.5, 0.6) is 5.88 Å². The number of rotatable bonds is 5. The number of hydrogen-bond acceptors (Lipinski definition) is 7. The van der Waals surface area contributed by atoms with E-state index in [2.05, 4.69) is 15.4 Å². The Morgan fingerprint density at radius 3 is 2.68 bits per heavy atom. The lowest BCUT2D eigenvalue weighted by molar-refractivity contribution is 0.0607. The second kappa shape index (κ2) is 7.69. The molecule has 1 saturated carbocycles. The third-order valence-corrected chi connectivity index (χ3v) is 5.90. The van der Waals surface area contributed by atoms with Crippen LogP contribution in [0.4, 0.5) is 5.82 Å². The van der Waals surface area contributed by atoms with E-state index < -0.39 is 11.5 Å². The summed E-state index contributed by atoms with van der Waals surface area (Å²) in [5.41, 5.74) is 6.53. The van der Waals surface area contributed by atoms with Crippen molar-refractivity contribution < 1.29 is 14.6 Å². The highest BCUT2D eigenvalue weighted by Gasteiger charge is 2.30. The molecule has 0 bridgehead atoms. The molecule has 1 saturated heterocycles. The van der Waals surface area contributed by atoms with Crippen LogP contribution in [0.2, 0.25) is 0 Å². The van der Waals surface area contributed by atoms with Gasteiger partial charge in [0.1, 0.15) is 5.82 Å². The Balaban J connectivity index is 1.69. The van der Waals surface area contributed by atoms with Gasteiger partial charge in [0.25, 0.3) is 11.5 Å². The molecule has 0 spiro atoms.